The SMILES string of the molecule is COC(=O)C(C(C)C)C(C#N)(C(=O)OC)C(C)C. The summed E-state index contributed by atoms with van der Waals surface area (Å²) in [4.78, 5) is 23.9. The summed E-state index contributed by atoms with van der Waals surface area (Å²) in [7, 11) is 2.46. The Labute approximate surface area is 108 Å². The van der Waals surface area contributed by atoms with Crippen LogP contribution in [0.2, 0.25) is 0 Å². The first-order valence-electron chi connectivity index (χ1n) is 5.87. The molecule has 0 aliphatic rings. The number of nitrogens with zero attached hydrogens (tertiary/aromatic N) is 1. The Hall–Kier alpha value is -1.57. The molecule has 18 heavy (non-hydrogen) atoms. The maximum absolute atomic E-state index is 12.0. The molecule has 0 spiro atoms. The second-order valence-electron chi connectivity index (χ2n) is 4.87. The summed E-state index contributed by atoms with van der Waals surface area (Å²) in [5, 5.41) is 9.45. The van der Waals surface area contributed by atoms with Crippen LogP contribution in [0.5, 0.6) is 0 Å². The van der Waals surface area contributed by atoms with Crippen molar-refractivity contribution >= 4 is 11.9 Å². The number of hydrogen-bond donors (Lipinski definition) is 0. The molecule has 0 aromatic carbocycles. The first-order chi connectivity index (χ1) is 8.29. The van der Waals surface area contributed by atoms with Crippen LogP contribution < -0.4 is 0 Å². The van der Waals surface area contributed by atoms with Gasteiger partial charge in [-0.15, -0.1) is 0 Å². The Morgan fingerprint density at radius 2 is 1.61 bits per heavy atom. The minimum Gasteiger partial charge on any atom is -0.469 e. The van der Waals surface area contributed by atoms with E-state index in [9.17, 15) is 14.9 Å². The fraction of sp³-hybridized carbons (Fsp3) is 0.769. The van der Waals surface area contributed by atoms with E-state index >= 15 is 0 Å². The first-order valence-corrected chi connectivity index (χ1v) is 5.87. The van der Waals surface area contributed by atoms with Crippen molar-refractivity contribution in [2.75, 3.05) is 14.2 Å². The van der Waals surface area contributed by atoms with E-state index in [0.717, 1.165) is 0 Å². The summed E-state index contributed by atoms with van der Waals surface area (Å²) in [6, 6.07) is 1.99. The maximum atomic E-state index is 12.0. The number of ether oxygens (including phenoxy) is 2. The monoisotopic (exact) mass is 255 g/mol. The summed E-state index contributed by atoms with van der Waals surface area (Å²) >= 11 is 0. The van der Waals surface area contributed by atoms with Crippen molar-refractivity contribution in [2.24, 2.45) is 23.2 Å². The molecule has 0 bridgehead atoms. The Bertz CT molecular complexity index is 356. The molecule has 2 atom stereocenters. The lowest BCUT2D eigenvalue weighted by molar-refractivity contribution is -0.167. The van der Waals surface area contributed by atoms with Gasteiger partial charge in [0.15, 0.2) is 5.41 Å². The van der Waals surface area contributed by atoms with Crippen LogP contribution in [-0.4, -0.2) is 26.2 Å². The van der Waals surface area contributed by atoms with E-state index in [0.29, 0.717) is 0 Å². The number of esters is 2. The third-order valence-electron chi connectivity index (χ3n) is 3.23. The van der Waals surface area contributed by atoms with Gasteiger partial charge in [-0.2, -0.15) is 5.26 Å². The van der Waals surface area contributed by atoms with Crippen LogP contribution in [-0.2, 0) is 19.1 Å². The molecule has 0 N–H and O–H groups in total. The van der Waals surface area contributed by atoms with Crippen LogP contribution >= 0.6 is 0 Å². The zero-order valence-electron chi connectivity index (χ0n) is 11.8. The zero-order chi connectivity index (χ0) is 14.5. The normalized spacial score (nSPS) is 15.7. The maximum Gasteiger partial charge on any atom is 0.327 e. The topological polar surface area (TPSA) is 76.4 Å². The first kappa shape index (κ1) is 16.4. The Morgan fingerprint density at radius 3 is 1.83 bits per heavy atom. The Balaban J connectivity index is 5.89. The van der Waals surface area contributed by atoms with Gasteiger partial charge in [-0.3, -0.25) is 9.59 Å². The van der Waals surface area contributed by atoms with Crippen molar-refractivity contribution in [3.8, 4) is 6.07 Å². The molecule has 0 heterocycles. The quantitative estimate of drug-likeness (QED) is 0.700. The molecule has 0 aliphatic heterocycles. The molecule has 0 aromatic heterocycles. The second-order valence-corrected chi connectivity index (χ2v) is 4.87. The average Bonchev–Trinajstić information content (AvgIpc) is 2.32. The van der Waals surface area contributed by atoms with Crippen LogP contribution in [0.3, 0.4) is 0 Å². The highest BCUT2D eigenvalue weighted by atomic mass is 16.5. The van der Waals surface area contributed by atoms with Gasteiger partial charge in [0.2, 0.25) is 0 Å². The average molecular weight is 255 g/mol. The van der Waals surface area contributed by atoms with Gasteiger partial charge in [-0.1, -0.05) is 27.7 Å². The second kappa shape index (κ2) is 6.39. The molecular weight excluding hydrogens is 234 g/mol. The third-order valence-corrected chi connectivity index (χ3v) is 3.23. The molecule has 0 aromatic rings. The Kier molecular flexibility index (Phi) is 5.83. The van der Waals surface area contributed by atoms with Crippen LogP contribution in [0.25, 0.3) is 0 Å². The van der Waals surface area contributed by atoms with Gasteiger partial charge in [0.1, 0.15) is 0 Å². The summed E-state index contributed by atoms with van der Waals surface area (Å²) in [5.74, 6) is -2.67. The largest absolute Gasteiger partial charge is 0.469 e. The number of rotatable bonds is 5. The van der Waals surface area contributed by atoms with Gasteiger partial charge in [0.25, 0.3) is 0 Å². The summed E-state index contributed by atoms with van der Waals surface area (Å²) < 4.78 is 9.45. The van der Waals surface area contributed by atoms with Crippen molar-refractivity contribution < 1.29 is 19.1 Å². The molecule has 0 amide bonds. The van der Waals surface area contributed by atoms with E-state index in [1.54, 1.807) is 27.7 Å². The van der Waals surface area contributed by atoms with Crippen LogP contribution in [0.1, 0.15) is 27.7 Å². The molecule has 102 valence electrons. The highest BCUT2D eigenvalue weighted by Gasteiger charge is 2.55. The molecule has 2 unspecified atom stereocenters. The van der Waals surface area contributed by atoms with Crippen LogP contribution in [0, 0.1) is 34.5 Å². The third kappa shape index (κ3) is 2.63. The standard InChI is InChI=1S/C13H21NO4/c1-8(2)10(11(15)17-5)13(7-14,9(3)4)12(16)18-6/h8-10H,1-6H3. The van der Waals surface area contributed by atoms with Crippen LogP contribution in [0.15, 0.2) is 0 Å². The van der Waals surface area contributed by atoms with Crippen molar-refractivity contribution in [1.29, 1.82) is 5.26 Å². The number of carbonyl (C=O) groups is 2. The molecule has 0 aliphatic carbocycles. The molecule has 5 heteroatoms. The summed E-state index contributed by atoms with van der Waals surface area (Å²) in [6.07, 6.45) is 0. The number of hydrogen-bond acceptors (Lipinski definition) is 5. The molecule has 0 saturated heterocycles. The van der Waals surface area contributed by atoms with Gasteiger partial charge >= 0.3 is 11.9 Å². The predicted octanol–water partition coefficient (Wildman–Crippen LogP) is 1.77. The van der Waals surface area contributed by atoms with E-state index in [1.807, 2.05) is 6.07 Å². The lowest BCUT2D eigenvalue weighted by Crippen LogP contribution is -2.48. The van der Waals surface area contributed by atoms with Gasteiger partial charge < -0.3 is 9.47 Å². The lowest BCUT2D eigenvalue weighted by Gasteiger charge is -2.36. The van der Waals surface area contributed by atoms with Crippen molar-refractivity contribution in [3.05, 3.63) is 0 Å². The van der Waals surface area contributed by atoms with Gasteiger partial charge in [0.05, 0.1) is 26.2 Å². The van der Waals surface area contributed by atoms with E-state index in [4.69, 9.17) is 9.47 Å². The molecule has 0 saturated carbocycles. The zero-order valence-corrected chi connectivity index (χ0v) is 11.8. The number of nitriles is 1. The summed E-state index contributed by atoms with van der Waals surface area (Å²) in [5.41, 5.74) is -1.52. The minimum atomic E-state index is -1.52. The van der Waals surface area contributed by atoms with E-state index in [1.165, 1.54) is 14.2 Å². The van der Waals surface area contributed by atoms with Gasteiger partial charge in [0, 0.05) is 0 Å². The highest BCUT2D eigenvalue weighted by molar-refractivity contribution is 5.88. The summed E-state index contributed by atoms with van der Waals surface area (Å²) in [6.45, 7) is 6.99. The van der Waals surface area contributed by atoms with Crippen LogP contribution in [0.4, 0.5) is 0 Å². The highest BCUT2D eigenvalue weighted by Crippen LogP contribution is 2.41. The molecule has 5 nitrogen and oxygen atoms in total. The Morgan fingerprint density at radius 1 is 1.11 bits per heavy atom. The lowest BCUT2D eigenvalue weighted by atomic mass is 9.64. The predicted molar refractivity (Wildman–Crippen MR) is 65.2 cm³/mol. The smallest absolute Gasteiger partial charge is 0.327 e. The van der Waals surface area contributed by atoms with Gasteiger partial charge in [-0.05, 0) is 11.8 Å². The fourth-order valence-electron chi connectivity index (χ4n) is 2.25. The molecule has 0 fully saturated rings. The fourth-order valence-corrected chi connectivity index (χ4v) is 2.25. The molecule has 0 radical (unpaired) electrons. The van der Waals surface area contributed by atoms with E-state index in [-0.39, 0.29) is 11.8 Å². The van der Waals surface area contributed by atoms with Crippen molar-refractivity contribution in [2.45, 2.75) is 27.7 Å². The number of methoxy groups -OCH3 is 2. The van der Waals surface area contributed by atoms with Crippen molar-refractivity contribution in [1.82, 2.24) is 0 Å². The minimum absolute atomic E-state index is 0.210. The van der Waals surface area contributed by atoms with Crippen molar-refractivity contribution in [3.63, 3.8) is 0 Å². The van der Waals surface area contributed by atoms with E-state index < -0.39 is 23.3 Å². The van der Waals surface area contributed by atoms with Gasteiger partial charge in [-0.25, -0.2) is 0 Å². The number of carbonyl (C=O) groups excluding carboxylic acids is 2. The van der Waals surface area contributed by atoms with E-state index in [2.05, 4.69) is 0 Å². The molecular formula is C13H21NO4. The molecule has 0 rings (SSSR count).